The number of rotatable bonds is 3. The van der Waals surface area contributed by atoms with E-state index < -0.39 is 0 Å². The fourth-order valence-electron chi connectivity index (χ4n) is 3.74. The molecule has 2 unspecified atom stereocenters. The summed E-state index contributed by atoms with van der Waals surface area (Å²) in [5.74, 6) is 1.31. The second kappa shape index (κ2) is 5.76. The Bertz CT molecular complexity index is 877. The molecule has 0 bridgehead atoms. The van der Waals surface area contributed by atoms with Crippen LogP contribution in [-0.4, -0.2) is 10.1 Å². The van der Waals surface area contributed by atoms with Gasteiger partial charge in [-0.25, -0.2) is 0 Å². The average Bonchev–Trinajstić information content (AvgIpc) is 3.36. The lowest BCUT2D eigenvalue weighted by Crippen LogP contribution is -2.36. The van der Waals surface area contributed by atoms with Crippen LogP contribution in [0, 0.1) is 12.8 Å². The van der Waals surface area contributed by atoms with Gasteiger partial charge in [-0.15, -0.1) is 0 Å². The summed E-state index contributed by atoms with van der Waals surface area (Å²) in [6.45, 7) is 8.52. The predicted molar refractivity (Wildman–Crippen MR) is 105 cm³/mol. The summed E-state index contributed by atoms with van der Waals surface area (Å²) in [5, 5.41) is 14.0. The van der Waals surface area contributed by atoms with Crippen molar-refractivity contribution in [1.82, 2.24) is 10.3 Å². The van der Waals surface area contributed by atoms with Gasteiger partial charge in [-0.05, 0) is 48.1 Å². The molecule has 4 N–H and O–H groups in total. The van der Waals surface area contributed by atoms with E-state index in [1.807, 2.05) is 31.3 Å². The van der Waals surface area contributed by atoms with Crippen molar-refractivity contribution in [2.45, 2.75) is 51.5 Å². The predicted octanol–water partition coefficient (Wildman–Crippen LogP) is 4.49. The Hall–Kier alpha value is -2.49. The van der Waals surface area contributed by atoms with Gasteiger partial charge >= 0.3 is 0 Å². The smallest absolute Gasteiger partial charge is 0.138 e. The Morgan fingerprint density at radius 3 is 2.42 bits per heavy atom. The number of aliphatic hydroxyl groups excluding tert-OH is 1. The summed E-state index contributed by atoms with van der Waals surface area (Å²) in [6.07, 6.45) is 3.07. The van der Waals surface area contributed by atoms with Gasteiger partial charge in [-0.2, -0.15) is 0 Å². The summed E-state index contributed by atoms with van der Waals surface area (Å²) in [5.41, 5.74) is 12.2. The molecule has 2 heterocycles. The highest BCUT2D eigenvalue weighted by atomic mass is 16.3. The second-order valence-corrected chi connectivity index (χ2v) is 8.67. The number of aryl methyl sites for hydroxylation is 1. The van der Waals surface area contributed by atoms with Gasteiger partial charge in [0.2, 0.25) is 0 Å². The van der Waals surface area contributed by atoms with E-state index in [9.17, 15) is 5.11 Å². The van der Waals surface area contributed by atoms with E-state index >= 15 is 0 Å². The highest BCUT2D eigenvalue weighted by molar-refractivity contribution is 5.51. The number of nitrogen functional groups attached to an aromatic ring is 1. The van der Waals surface area contributed by atoms with Crippen LogP contribution in [0.4, 0.5) is 5.69 Å². The van der Waals surface area contributed by atoms with Crippen molar-refractivity contribution in [3.63, 3.8) is 0 Å². The largest absolute Gasteiger partial charge is 0.508 e. The molecule has 0 saturated heterocycles. The Kier molecular flexibility index (Phi) is 3.76. The van der Waals surface area contributed by atoms with Crippen LogP contribution in [-0.2, 0) is 5.41 Å². The first-order valence-electron chi connectivity index (χ1n) is 9.27. The van der Waals surface area contributed by atoms with Gasteiger partial charge in [-0.3, -0.25) is 4.98 Å². The van der Waals surface area contributed by atoms with Crippen molar-refractivity contribution in [1.29, 1.82) is 0 Å². The summed E-state index contributed by atoms with van der Waals surface area (Å²) >= 11 is 0. The van der Waals surface area contributed by atoms with Gasteiger partial charge in [0, 0.05) is 28.9 Å². The molecule has 1 aliphatic heterocycles. The van der Waals surface area contributed by atoms with Gasteiger partial charge in [0.1, 0.15) is 11.8 Å². The lowest BCUT2D eigenvalue weighted by molar-refractivity contribution is 0.288. The maximum absolute atomic E-state index is 10.6. The number of hydrogen-bond donors (Lipinski definition) is 3. The maximum atomic E-state index is 10.6. The Morgan fingerprint density at radius 2 is 1.85 bits per heavy atom. The minimum atomic E-state index is -0.105. The molecule has 2 aliphatic rings. The molecule has 1 aromatic carbocycles. The highest BCUT2D eigenvalue weighted by Gasteiger charge is 2.47. The quantitative estimate of drug-likeness (QED) is 0.714. The van der Waals surface area contributed by atoms with Crippen molar-refractivity contribution in [3.05, 3.63) is 70.4 Å². The van der Waals surface area contributed by atoms with E-state index in [-0.39, 0.29) is 11.5 Å². The number of nitrogens with one attached hydrogen (secondary N) is 1. The molecule has 4 heteroatoms. The average molecular weight is 349 g/mol. The SMILES string of the molecule is Cc1cc([C@@H]2NC(C3CC3c3ccc(C(C)(C)C)nc3)=C2O)ccc1N. The van der Waals surface area contributed by atoms with E-state index in [1.165, 1.54) is 5.56 Å². The summed E-state index contributed by atoms with van der Waals surface area (Å²) in [6, 6.07) is 10.1. The summed E-state index contributed by atoms with van der Waals surface area (Å²) in [4.78, 5) is 4.64. The molecule has 4 rings (SSSR count). The van der Waals surface area contributed by atoms with Gasteiger partial charge in [0.15, 0.2) is 0 Å². The molecule has 1 saturated carbocycles. The molecular formula is C22H27N3O. The number of benzene rings is 1. The molecule has 1 fully saturated rings. The van der Waals surface area contributed by atoms with Crippen molar-refractivity contribution in [3.8, 4) is 0 Å². The number of hydrogen-bond acceptors (Lipinski definition) is 4. The lowest BCUT2D eigenvalue weighted by Gasteiger charge is -2.33. The monoisotopic (exact) mass is 349 g/mol. The Morgan fingerprint density at radius 1 is 1.12 bits per heavy atom. The minimum absolute atomic E-state index is 0.0717. The third-order valence-electron chi connectivity index (χ3n) is 5.62. The zero-order chi connectivity index (χ0) is 18.6. The van der Waals surface area contributed by atoms with E-state index in [0.29, 0.717) is 17.6 Å². The van der Waals surface area contributed by atoms with Crippen LogP contribution in [0.15, 0.2) is 48.0 Å². The van der Waals surface area contributed by atoms with Gasteiger partial charge in [-0.1, -0.05) is 39.0 Å². The van der Waals surface area contributed by atoms with E-state index in [1.54, 1.807) is 0 Å². The number of anilines is 1. The minimum Gasteiger partial charge on any atom is -0.508 e. The summed E-state index contributed by atoms with van der Waals surface area (Å²) < 4.78 is 0. The molecule has 0 radical (unpaired) electrons. The van der Waals surface area contributed by atoms with Gasteiger partial charge in [0.25, 0.3) is 0 Å². The van der Waals surface area contributed by atoms with Crippen molar-refractivity contribution >= 4 is 5.69 Å². The molecule has 1 aliphatic carbocycles. The lowest BCUT2D eigenvalue weighted by atomic mass is 9.91. The zero-order valence-corrected chi connectivity index (χ0v) is 15.9. The number of pyridine rings is 1. The van der Waals surface area contributed by atoms with Crippen molar-refractivity contribution in [2.24, 2.45) is 5.92 Å². The number of nitrogens with two attached hydrogens (primary N) is 1. The molecule has 136 valence electrons. The van der Waals surface area contributed by atoms with Gasteiger partial charge < -0.3 is 16.2 Å². The van der Waals surface area contributed by atoms with Crippen molar-refractivity contribution in [2.75, 3.05) is 5.73 Å². The van der Waals surface area contributed by atoms with E-state index in [4.69, 9.17) is 5.73 Å². The topological polar surface area (TPSA) is 71.2 Å². The maximum Gasteiger partial charge on any atom is 0.138 e. The Balaban J connectivity index is 1.47. The third kappa shape index (κ3) is 2.83. The fraction of sp³-hybridized carbons (Fsp3) is 0.409. The number of nitrogens with zero attached hydrogens (tertiary/aromatic N) is 1. The van der Waals surface area contributed by atoms with E-state index in [2.05, 4.69) is 43.2 Å². The van der Waals surface area contributed by atoms with Crippen LogP contribution in [0.5, 0.6) is 0 Å². The van der Waals surface area contributed by atoms with Crippen LogP contribution in [0.1, 0.15) is 61.5 Å². The number of aromatic nitrogens is 1. The zero-order valence-electron chi connectivity index (χ0n) is 15.9. The van der Waals surface area contributed by atoms with Crippen LogP contribution >= 0.6 is 0 Å². The molecule has 0 spiro atoms. The molecule has 4 nitrogen and oxygen atoms in total. The van der Waals surface area contributed by atoms with E-state index in [0.717, 1.165) is 34.6 Å². The third-order valence-corrected chi connectivity index (χ3v) is 5.62. The Labute approximate surface area is 155 Å². The number of aliphatic hydroxyl groups is 1. The fourth-order valence-corrected chi connectivity index (χ4v) is 3.74. The normalized spacial score (nSPS) is 24.8. The van der Waals surface area contributed by atoms with Gasteiger partial charge in [0.05, 0.1) is 5.70 Å². The second-order valence-electron chi connectivity index (χ2n) is 8.67. The molecule has 26 heavy (non-hydrogen) atoms. The van der Waals surface area contributed by atoms with Crippen molar-refractivity contribution < 1.29 is 5.11 Å². The first-order valence-corrected chi connectivity index (χ1v) is 9.27. The number of allylic oxidation sites excluding steroid dienone is 1. The van der Waals surface area contributed by atoms with Crippen LogP contribution in [0.3, 0.4) is 0 Å². The molecule has 0 amide bonds. The van der Waals surface area contributed by atoms with Crippen LogP contribution in [0.25, 0.3) is 0 Å². The first-order chi connectivity index (χ1) is 12.3. The molecule has 3 atom stereocenters. The van der Waals surface area contributed by atoms with Crippen LogP contribution in [0.2, 0.25) is 0 Å². The molecular weight excluding hydrogens is 322 g/mol. The molecule has 1 aromatic heterocycles. The highest BCUT2D eigenvalue weighted by Crippen LogP contribution is 2.55. The standard InChI is InChI=1S/C22H27N3O/c1-12-9-13(5-7-17(12)23)19-21(26)20(25-19)16-10-15(16)14-6-8-18(24-11-14)22(2,3)4/h5-9,11,15-16,19,25-26H,10,23H2,1-4H3/t15?,16?,19-/m0/s1. The molecule has 2 aromatic rings. The first kappa shape index (κ1) is 17.0. The van der Waals surface area contributed by atoms with Crippen LogP contribution < -0.4 is 11.1 Å². The summed E-state index contributed by atoms with van der Waals surface area (Å²) in [7, 11) is 0.